The highest BCUT2D eigenvalue weighted by Crippen LogP contribution is 2.30. The topological polar surface area (TPSA) is 73.0 Å². The Kier molecular flexibility index (Phi) is 4.02. The van der Waals surface area contributed by atoms with Crippen molar-refractivity contribution in [3.8, 4) is 0 Å². The molecule has 1 aliphatic carbocycles. The molecule has 1 N–H and O–H groups in total. The van der Waals surface area contributed by atoms with Crippen LogP contribution in [-0.4, -0.2) is 20.8 Å². The summed E-state index contributed by atoms with van der Waals surface area (Å²) in [7, 11) is 0. The first-order valence-electron chi connectivity index (χ1n) is 8.48. The summed E-state index contributed by atoms with van der Waals surface area (Å²) in [5.41, 5.74) is 1.36. The maximum absolute atomic E-state index is 12.4. The van der Waals surface area contributed by atoms with Crippen molar-refractivity contribution < 1.29 is 9.32 Å². The van der Waals surface area contributed by atoms with Gasteiger partial charge in [0, 0.05) is 11.5 Å². The molecule has 1 amide bonds. The number of amides is 1. The predicted octanol–water partition coefficient (Wildman–Crippen LogP) is 3.71. The van der Waals surface area contributed by atoms with E-state index in [1.54, 1.807) is 6.20 Å². The number of benzene rings is 1. The molecule has 0 saturated heterocycles. The van der Waals surface area contributed by atoms with Gasteiger partial charge in [0.25, 0.3) is 0 Å². The average molecular weight is 324 g/mol. The lowest BCUT2D eigenvalue weighted by Gasteiger charge is -2.23. The zero-order valence-corrected chi connectivity index (χ0v) is 13.4. The second kappa shape index (κ2) is 6.47. The van der Waals surface area contributed by atoms with Gasteiger partial charge < -0.3 is 9.84 Å². The number of hydrogen-bond donors (Lipinski definition) is 1. The van der Waals surface area contributed by atoms with Crippen LogP contribution in [0.2, 0.25) is 0 Å². The normalized spacial score (nSPS) is 15.7. The summed E-state index contributed by atoms with van der Waals surface area (Å²) in [6, 6.07) is 9.81. The van der Waals surface area contributed by atoms with Gasteiger partial charge in [-0.05, 0) is 25.0 Å². The molecule has 1 aliphatic rings. The Morgan fingerprint density at radius 2 is 2.04 bits per heavy atom. The molecule has 1 fully saturated rings. The molecule has 0 atom stereocenters. The largest absolute Gasteiger partial charge is 0.356 e. The minimum Gasteiger partial charge on any atom is -0.356 e. The van der Waals surface area contributed by atoms with Crippen molar-refractivity contribution in [2.75, 3.05) is 5.32 Å². The van der Waals surface area contributed by atoms with Crippen LogP contribution in [0.4, 0.5) is 5.82 Å². The molecule has 0 bridgehead atoms. The van der Waals surface area contributed by atoms with Gasteiger partial charge in [-0.1, -0.05) is 36.6 Å². The summed E-state index contributed by atoms with van der Waals surface area (Å²) in [6.45, 7) is 0. The smallest absolute Gasteiger partial charge is 0.231 e. The summed E-state index contributed by atoms with van der Waals surface area (Å²) in [5.74, 6) is 0.659. The third kappa shape index (κ3) is 2.91. The van der Waals surface area contributed by atoms with Crippen molar-refractivity contribution in [2.45, 2.75) is 44.6 Å². The van der Waals surface area contributed by atoms with E-state index in [4.69, 9.17) is 4.52 Å². The van der Waals surface area contributed by atoms with E-state index in [9.17, 15) is 4.79 Å². The summed E-state index contributed by atoms with van der Waals surface area (Å²) >= 11 is 0. The van der Waals surface area contributed by atoms with Crippen LogP contribution in [0.5, 0.6) is 0 Å². The number of carbonyl (C=O) groups is 1. The highest BCUT2D eigenvalue weighted by molar-refractivity contribution is 5.94. The standard InChI is InChI=1S/C18H20N4O2/c23-18(12-15-14-8-4-5-9-16(14)24-21-15)20-17-10-11-19-22(17)13-6-2-1-3-7-13/h4-5,8-11,13H,1-3,6-7,12H2,(H,20,23). The summed E-state index contributed by atoms with van der Waals surface area (Å²) in [4.78, 5) is 12.4. The molecule has 3 aromatic rings. The molecule has 0 spiro atoms. The molecular weight excluding hydrogens is 304 g/mol. The van der Waals surface area contributed by atoms with Crippen molar-refractivity contribution in [1.29, 1.82) is 0 Å². The first-order chi connectivity index (χ1) is 11.8. The Balaban J connectivity index is 1.48. The SMILES string of the molecule is O=C(Cc1noc2ccccc12)Nc1ccnn1C1CCCCC1. The Morgan fingerprint density at radius 3 is 2.92 bits per heavy atom. The van der Waals surface area contributed by atoms with Gasteiger partial charge in [0.15, 0.2) is 5.58 Å². The lowest BCUT2D eigenvalue weighted by molar-refractivity contribution is -0.115. The van der Waals surface area contributed by atoms with Crippen LogP contribution in [0, 0.1) is 0 Å². The molecule has 6 heteroatoms. The molecule has 0 aliphatic heterocycles. The summed E-state index contributed by atoms with van der Waals surface area (Å²) in [6.07, 6.45) is 7.92. The molecule has 0 unspecified atom stereocenters. The number of aromatic nitrogens is 3. The number of carbonyl (C=O) groups excluding carboxylic acids is 1. The zero-order valence-electron chi connectivity index (χ0n) is 13.4. The molecule has 1 saturated carbocycles. The second-order valence-corrected chi connectivity index (χ2v) is 6.30. The van der Waals surface area contributed by atoms with E-state index in [1.807, 2.05) is 35.0 Å². The van der Waals surface area contributed by atoms with Crippen molar-refractivity contribution in [3.05, 3.63) is 42.2 Å². The Morgan fingerprint density at radius 1 is 1.21 bits per heavy atom. The molecule has 1 aromatic carbocycles. The average Bonchev–Trinajstić information content (AvgIpc) is 3.23. The summed E-state index contributed by atoms with van der Waals surface area (Å²) < 4.78 is 7.21. The van der Waals surface area contributed by atoms with E-state index in [0.717, 1.165) is 24.0 Å². The minimum atomic E-state index is -0.105. The first kappa shape index (κ1) is 14.9. The monoisotopic (exact) mass is 324 g/mol. The minimum absolute atomic E-state index is 0.105. The lowest BCUT2D eigenvalue weighted by atomic mass is 9.96. The Bertz CT molecular complexity index is 845. The fourth-order valence-electron chi connectivity index (χ4n) is 3.43. The maximum atomic E-state index is 12.4. The van der Waals surface area contributed by atoms with E-state index in [0.29, 0.717) is 17.3 Å². The first-order valence-corrected chi connectivity index (χ1v) is 8.48. The van der Waals surface area contributed by atoms with E-state index < -0.39 is 0 Å². The molecular formula is C18H20N4O2. The number of fused-ring (bicyclic) bond motifs is 1. The number of para-hydroxylation sites is 1. The van der Waals surface area contributed by atoms with Gasteiger partial charge >= 0.3 is 0 Å². The molecule has 4 rings (SSSR count). The lowest BCUT2D eigenvalue weighted by Crippen LogP contribution is -2.21. The van der Waals surface area contributed by atoms with E-state index in [-0.39, 0.29) is 12.3 Å². The number of nitrogens with one attached hydrogen (secondary N) is 1. The van der Waals surface area contributed by atoms with Crippen LogP contribution in [0.1, 0.15) is 43.8 Å². The van der Waals surface area contributed by atoms with Crippen LogP contribution in [0.3, 0.4) is 0 Å². The third-order valence-electron chi connectivity index (χ3n) is 4.64. The zero-order chi connectivity index (χ0) is 16.4. The van der Waals surface area contributed by atoms with Crippen molar-refractivity contribution >= 4 is 22.7 Å². The Hall–Kier alpha value is -2.63. The van der Waals surface area contributed by atoms with Gasteiger partial charge in [0.1, 0.15) is 11.5 Å². The molecule has 124 valence electrons. The number of nitrogens with zero attached hydrogens (tertiary/aromatic N) is 3. The molecule has 2 aromatic heterocycles. The van der Waals surface area contributed by atoms with E-state index in [2.05, 4.69) is 15.6 Å². The van der Waals surface area contributed by atoms with E-state index >= 15 is 0 Å². The maximum Gasteiger partial charge on any atom is 0.231 e. The highest BCUT2D eigenvalue weighted by atomic mass is 16.5. The van der Waals surface area contributed by atoms with Crippen LogP contribution < -0.4 is 5.32 Å². The number of anilines is 1. The van der Waals surface area contributed by atoms with Crippen LogP contribution in [0.25, 0.3) is 11.0 Å². The van der Waals surface area contributed by atoms with Crippen molar-refractivity contribution in [1.82, 2.24) is 14.9 Å². The summed E-state index contributed by atoms with van der Waals surface area (Å²) in [5, 5.41) is 12.3. The number of rotatable bonds is 4. The number of hydrogen-bond acceptors (Lipinski definition) is 4. The second-order valence-electron chi connectivity index (χ2n) is 6.30. The van der Waals surface area contributed by atoms with E-state index in [1.165, 1.54) is 19.3 Å². The van der Waals surface area contributed by atoms with Crippen molar-refractivity contribution in [2.24, 2.45) is 0 Å². The van der Waals surface area contributed by atoms with Gasteiger partial charge in [-0.25, -0.2) is 4.68 Å². The fraction of sp³-hybridized carbons (Fsp3) is 0.389. The quantitative estimate of drug-likeness (QED) is 0.794. The van der Waals surface area contributed by atoms with Gasteiger partial charge in [-0.2, -0.15) is 5.10 Å². The van der Waals surface area contributed by atoms with Crippen LogP contribution >= 0.6 is 0 Å². The van der Waals surface area contributed by atoms with Gasteiger partial charge in [-0.3, -0.25) is 4.79 Å². The highest BCUT2D eigenvalue weighted by Gasteiger charge is 2.20. The molecule has 6 nitrogen and oxygen atoms in total. The third-order valence-corrected chi connectivity index (χ3v) is 4.64. The molecule has 24 heavy (non-hydrogen) atoms. The van der Waals surface area contributed by atoms with Crippen LogP contribution in [-0.2, 0) is 11.2 Å². The molecule has 0 radical (unpaired) electrons. The fourth-order valence-corrected chi connectivity index (χ4v) is 3.43. The van der Waals surface area contributed by atoms with Gasteiger partial charge in [-0.15, -0.1) is 0 Å². The van der Waals surface area contributed by atoms with Gasteiger partial charge in [0.2, 0.25) is 5.91 Å². The Labute approximate surface area is 139 Å². The molecule has 2 heterocycles. The van der Waals surface area contributed by atoms with Crippen molar-refractivity contribution in [3.63, 3.8) is 0 Å². The van der Waals surface area contributed by atoms with Gasteiger partial charge in [0.05, 0.1) is 18.7 Å². The predicted molar refractivity (Wildman–Crippen MR) is 90.7 cm³/mol. The van der Waals surface area contributed by atoms with Crippen LogP contribution in [0.15, 0.2) is 41.1 Å².